The van der Waals surface area contributed by atoms with E-state index in [1.165, 1.54) is 31.7 Å². The number of aryl methyl sites for hydroxylation is 2. The minimum Gasteiger partial charge on any atom is -0.140 e. The molecule has 1 heterocycles. The van der Waals surface area contributed by atoms with Crippen LogP contribution in [0.1, 0.15) is 45.1 Å². The zero-order chi connectivity index (χ0) is 16.5. The Morgan fingerprint density at radius 2 is 1.41 bits per heavy atom. The van der Waals surface area contributed by atoms with E-state index in [1.54, 1.807) is 0 Å². The summed E-state index contributed by atoms with van der Waals surface area (Å²) in [6, 6.07) is 17.8. The van der Waals surface area contributed by atoms with Crippen molar-refractivity contribution in [3.05, 3.63) is 59.0 Å². The number of hydrogen-bond acceptors (Lipinski definition) is 1. The van der Waals surface area contributed by atoms with Crippen LogP contribution in [0.15, 0.2) is 48.5 Å². The summed E-state index contributed by atoms with van der Waals surface area (Å²) in [6.45, 7) is 12.3. The van der Waals surface area contributed by atoms with Crippen molar-refractivity contribution in [3.63, 3.8) is 0 Å². The second kappa shape index (κ2) is 9.42. The zero-order valence-corrected chi connectivity index (χ0v) is 15.6. The van der Waals surface area contributed by atoms with Crippen molar-refractivity contribution in [1.29, 1.82) is 0 Å². The lowest BCUT2D eigenvalue weighted by Gasteiger charge is -2.03. The molecule has 1 heteroatoms. The third-order valence-electron chi connectivity index (χ3n) is 3.29. The smallest absolute Gasteiger partial charge is 0.0345 e. The summed E-state index contributed by atoms with van der Waals surface area (Å²) in [4.78, 5) is 2.82. The highest BCUT2D eigenvalue weighted by atomic mass is 32.1. The molecule has 0 amide bonds. The molecule has 0 radical (unpaired) electrons. The third kappa shape index (κ3) is 4.45. The Hall–Kier alpha value is -1.60. The van der Waals surface area contributed by atoms with Gasteiger partial charge in [-0.05, 0) is 47.9 Å². The molecule has 3 rings (SSSR count). The van der Waals surface area contributed by atoms with Crippen LogP contribution in [0, 0.1) is 6.92 Å². The molecule has 2 aromatic carbocycles. The molecule has 0 saturated carbocycles. The van der Waals surface area contributed by atoms with Gasteiger partial charge < -0.3 is 0 Å². The number of thiophene rings is 1. The van der Waals surface area contributed by atoms with Gasteiger partial charge in [-0.1, -0.05) is 70.5 Å². The fraction of sp³-hybridized carbons (Fsp3) is 0.333. The minimum atomic E-state index is 1.12. The van der Waals surface area contributed by atoms with E-state index in [4.69, 9.17) is 0 Å². The van der Waals surface area contributed by atoms with Crippen LogP contribution in [0.3, 0.4) is 0 Å². The lowest BCUT2D eigenvalue weighted by Crippen LogP contribution is -1.77. The molecule has 0 bridgehead atoms. The van der Waals surface area contributed by atoms with Gasteiger partial charge in [-0.15, -0.1) is 11.3 Å². The van der Waals surface area contributed by atoms with Gasteiger partial charge in [0, 0.05) is 9.75 Å². The standard InChI is InChI=1S/C17H16S.2C2H6/c1-3-16-8-9-17(18-16)15-7-6-13-10-12(2)4-5-14(13)11-15;2*1-2/h4-11H,3H2,1-2H3;2*1-2H3. The predicted octanol–water partition coefficient (Wildman–Crippen LogP) is 7.49. The van der Waals surface area contributed by atoms with Crippen LogP contribution < -0.4 is 0 Å². The van der Waals surface area contributed by atoms with Crippen molar-refractivity contribution in [2.75, 3.05) is 0 Å². The molecule has 0 aliphatic rings. The van der Waals surface area contributed by atoms with Crippen LogP contribution in [-0.2, 0) is 6.42 Å². The second-order valence-electron chi connectivity index (χ2n) is 4.68. The molecule has 22 heavy (non-hydrogen) atoms. The Morgan fingerprint density at radius 1 is 0.773 bits per heavy atom. The SMILES string of the molecule is CC.CC.CCc1ccc(-c2ccc3cc(C)ccc3c2)s1. The molecule has 0 spiro atoms. The highest BCUT2D eigenvalue weighted by molar-refractivity contribution is 7.15. The first kappa shape index (κ1) is 18.4. The molecule has 0 N–H and O–H groups in total. The number of rotatable bonds is 2. The molecule has 0 atom stereocenters. The van der Waals surface area contributed by atoms with E-state index in [9.17, 15) is 0 Å². The maximum Gasteiger partial charge on any atom is 0.0345 e. The summed E-state index contributed by atoms with van der Waals surface area (Å²) >= 11 is 1.90. The maximum atomic E-state index is 2.29. The largest absolute Gasteiger partial charge is 0.140 e. The molecule has 0 saturated heterocycles. The minimum absolute atomic E-state index is 1.12. The Balaban J connectivity index is 0.000000561. The Bertz CT molecular complexity index is 692. The van der Waals surface area contributed by atoms with E-state index >= 15 is 0 Å². The Labute approximate surface area is 139 Å². The topological polar surface area (TPSA) is 0 Å². The summed E-state index contributed by atoms with van der Waals surface area (Å²) in [5.41, 5.74) is 2.65. The molecule has 1 aromatic heterocycles. The van der Waals surface area contributed by atoms with Gasteiger partial charge in [-0.2, -0.15) is 0 Å². The first-order chi connectivity index (χ1) is 10.8. The molecular formula is C21H28S. The molecule has 0 nitrogen and oxygen atoms in total. The molecule has 0 aliphatic carbocycles. The number of fused-ring (bicyclic) bond motifs is 1. The van der Waals surface area contributed by atoms with Crippen LogP contribution in [0.5, 0.6) is 0 Å². The van der Waals surface area contributed by atoms with Gasteiger partial charge in [0.2, 0.25) is 0 Å². The molecular weight excluding hydrogens is 284 g/mol. The number of hydrogen-bond donors (Lipinski definition) is 0. The van der Waals surface area contributed by atoms with Crippen LogP contribution in [0.2, 0.25) is 0 Å². The van der Waals surface area contributed by atoms with E-state index in [2.05, 4.69) is 62.4 Å². The molecule has 118 valence electrons. The van der Waals surface area contributed by atoms with Crippen LogP contribution >= 0.6 is 11.3 Å². The van der Waals surface area contributed by atoms with Gasteiger partial charge in [-0.25, -0.2) is 0 Å². The quantitative estimate of drug-likeness (QED) is 0.459. The Kier molecular flexibility index (Phi) is 7.90. The number of benzene rings is 2. The summed E-state index contributed by atoms with van der Waals surface area (Å²) < 4.78 is 0. The highest BCUT2D eigenvalue weighted by Gasteiger charge is 2.03. The normalized spacial score (nSPS) is 9.55. The maximum absolute atomic E-state index is 2.29. The molecule has 0 unspecified atom stereocenters. The first-order valence-electron chi connectivity index (χ1n) is 8.36. The van der Waals surface area contributed by atoms with Crippen molar-refractivity contribution in [2.24, 2.45) is 0 Å². The lowest BCUT2D eigenvalue weighted by molar-refractivity contribution is 1.19. The monoisotopic (exact) mass is 312 g/mol. The average Bonchev–Trinajstić information content (AvgIpc) is 3.07. The summed E-state index contributed by atoms with van der Waals surface area (Å²) in [5, 5.41) is 2.65. The van der Waals surface area contributed by atoms with E-state index in [-0.39, 0.29) is 0 Å². The molecule has 3 aromatic rings. The third-order valence-corrected chi connectivity index (χ3v) is 4.57. The second-order valence-corrected chi connectivity index (χ2v) is 5.85. The van der Waals surface area contributed by atoms with Gasteiger partial charge in [0.15, 0.2) is 0 Å². The summed E-state index contributed by atoms with van der Waals surface area (Å²) in [6.07, 6.45) is 1.12. The van der Waals surface area contributed by atoms with E-state index in [0.717, 1.165) is 6.42 Å². The van der Waals surface area contributed by atoms with E-state index in [1.807, 2.05) is 39.0 Å². The van der Waals surface area contributed by atoms with Gasteiger partial charge in [0.05, 0.1) is 0 Å². The van der Waals surface area contributed by atoms with Gasteiger partial charge in [0.25, 0.3) is 0 Å². The van der Waals surface area contributed by atoms with Crippen molar-refractivity contribution >= 4 is 22.1 Å². The summed E-state index contributed by atoms with van der Waals surface area (Å²) in [7, 11) is 0. The van der Waals surface area contributed by atoms with Crippen LogP contribution in [0.25, 0.3) is 21.2 Å². The van der Waals surface area contributed by atoms with Crippen LogP contribution in [-0.4, -0.2) is 0 Å². The van der Waals surface area contributed by atoms with Crippen molar-refractivity contribution in [3.8, 4) is 10.4 Å². The van der Waals surface area contributed by atoms with Crippen molar-refractivity contribution < 1.29 is 0 Å². The molecule has 0 aliphatic heterocycles. The zero-order valence-electron chi connectivity index (χ0n) is 14.7. The van der Waals surface area contributed by atoms with Crippen molar-refractivity contribution in [1.82, 2.24) is 0 Å². The fourth-order valence-corrected chi connectivity index (χ4v) is 3.19. The summed E-state index contributed by atoms with van der Waals surface area (Å²) in [5.74, 6) is 0. The van der Waals surface area contributed by atoms with E-state index < -0.39 is 0 Å². The van der Waals surface area contributed by atoms with E-state index in [0.29, 0.717) is 0 Å². The van der Waals surface area contributed by atoms with Gasteiger partial charge >= 0.3 is 0 Å². The fourth-order valence-electron chi connectivity index (χ4n) is 2.24. The van der Waals surface area contributed by atoms with Crippen LogP contribution in [0.4, 0.5) is 0 Å². The Morgan fingerprint density at radius 3 is 2.05 bits per heavy atom. The van der Waals surface area contributed by atoms with Crippen molar-refractivity contribution in [2.45, 2.75) is 48.0 Å². The highest BCUT2D eigenvalue weighted by Crippen LogP contribution is 2.30. The average molecular weight is 313 g/mol. The first-order valence-corrected chi connectivity index (χ1v) is 9.17. The molecule has 0 fully saturated rings. The predicted molar refractivity (Wildman–Crippen MR) is 104 cm³/mol. The lowest BCUT2D eigenvalue weighted by atomic mass is 10.0. The van der Waals surface area contributed by atoms with Gasteiger partial charge in [0.1, 0.15) is 0 Å². The van der Waals surface area contributed by atoms with Gasteiger partial charge in [-0.3, -0.25) is 0 Å².